The Bertz CT molecular complexity index is 577. The van der Waals surface area contributed by atoms with Gasteiger partial charge >= 0.3 is 0 Å². The maximum atomic E-state index is 3.65. The molecule has 0 saturated carbocycles. The second-order valence-corrected chi connectivity index (χ2v) is 8.09. The molecule has 118 valence electrons. The van der Waals surface area contributed by atoms with Crippen LogP contribution in [0.5, 0.6) is 0 Å². The molecule has 22 heavy (non-hydrogen) atoms. The second-order valence-electron chi connectivity index (χ2n) is 6.34. The van der Waals surface area contributed by atoms with Crippen LogP contribution in [0, 0.1) is 0 Å². The maximum Gasteiger partial charge on any atom is 0.0294 e. The lowest BCUT2D eigenvalue weighted by atomic mass is 10.1. The Morgan fingerprint density at radius 2 is 1.64 bits per heavy atom. The Hall–Kier alpha value is -1.25. The van der Waals surface area contributed by atoms with Crippen LogP contribution in [0.3, 0.4) is 0 Å². The van der Waals surface area contributed by atoms with E-state index in [0.29, 0.717) is 6.04 Å². The molecular weight excluding hydrogens is 286 g/mol. The molecular formula is C20H27NS. The molecule has 1 atom stereocenters. The van der Waals surface area contributed by atoms with Gasteiger partial charge in [0.1, 0.15) is 0 Å². The van der Waals surface area contributed by atoms with Crippen molar-refractivity contribution in [1.82, 2.24) is 5.32 Å². The summed E-state index contributed by atoms with van der Waals surface area (Å²) in [4.78, 5) is 1.39. The number of hydrogen-bond donors (Lipinski definition) is 1. The Balaban J connectivity index is 2.04. The summed E-state index contributed by atoms with van der Waals surface area (Å²) in [6, 6.07) is 19.7. The highest BCUT2D eigenvalue weighted by Gasteiger charge is 2.18. The van der Waals surface area contributed by atoms with Crippen molar-refractivity contribution in [3.05, 3.63) is 65.7 Å². The summed E-state index contributed by atoms with van der Waals surface area (Å²) in [6.07, 6.45) is 1.17. The molecule has 2 aromatic rings. The molecule has 0 spiro atoms. The van der Waals surface area contributed by atoms with Crippen LogP contribution in [-0.2, 0) is 6.54 Å². The van der Waals surface area contributed by atoms with Crippen LogP contribution in [0.2, 0.25) is 0 Å². The first kappa shape index (κ1) is 17.1. The van der Waals surface area contributed by atoms with Gasteiger partial charge in [-0.3, -0.25) is 0 Å². The minimum Gasteiger partial charge on any atom is -0.306 e. The minimum absolute atomic E-state index is 0.279. The van der Waals surface area contributed by atoms with Crippen LogP contribution in [0.1, 0.15) is 51.3 Å². The van der Waals surface area contributed by atoms with Crippen molar-refractivity contribution in [2.45, 2.75) is 56.3 Å². The highest BCUT2D eigenvalue weighted by molar-refractivity contribution is 8.00. The Labute approximate surface area is 139 Å². The predicted molar refractivity (Wildman–Crippen MR) is 98.4 cm³/mol. The average molecular weight is 314 g/mol. The smallest absolute Gasteiger partial charge is 0.0294 e. The summed E-state index contributed by atoms with van der Waals surface area (Å²) in [5.74, 6) is 0. The van der Waals surface area contributed by atoms with Crippen molar-refractivity contribution in [2.75, 3.05) is 0 Å². The zero-order valence-electron chi connectivity index (χ0n) is 14.1. The lowest BCUT2D eigenvalue weighted by molar-refractivity contribution is 0.570. The zero-order chi connectivity index (χ0) is 16.0. The number of benzene rings is 2. The lowest BCUT2D eigenvalue weighted by Crippen LogP contribution is -2.19. The van der Waals surface area contributed by atoms with E-state index in [1.807, 2.05) is 11.8 Å². The van der Waals surface area contributed by atoms with Gasteiger partial charge in [0, 0.05) is 22.2 Å². The van der Waals surface area contributed by atoms with Crippen LogP contribution >= 0.6 is 11.8 Å². The SMILES string of the molecule is CCC(C)(C)Sc1ccccc1CNC(C)c1ccccc1. The second kappa shape index (κ2) is 7.85. The number of rotatable bonds is 7. The maximum absolute atomic E-state index is 3.65. The molecule has 0 aliphatic rings. The molecule has 0 radical (unpaired) electrons. The van der Waals surface area contributed by atoms with Gasteiger partial charge in [-0.05, 0) is 30.5 Å². The number of nitrogens with one attached hydrogen (secondary N) is 1. The van der Waals surface area contributed by atoms with Crippen molar-refractivity contribution in [2.24, 2.45) is 0 Å². The van der Waals surface area contributed by atoms with Crippen molar-refractivity contribution in [3.63, 3.8) is 0 Å². The Morgan fingerprint density at radius 1 is 1.00 bits per heavy atom. The zero-order valence-corrected chi connectivity index (χ0v) is 14.9. The van der Waals surface area contributed by atoms with E-state index in [2.05, 4.69) is 87.6 Å². The van der Waals surface area contributed by atoms with E-state index < -0.39 is 0 Å². The fourth-order valence-corrected chi connectivity index (χ4v) is 3.40. The highest BCUT2D eigenvalue weighted by atomic mass is 32.2. The molecule has 0 aliphatic carbocycles. The standard InChI is InChI=1S/C20H27NS/c1-5-20(3,4)22-19-14-10-9-13-18(19)15-21-16(2)17-11-7-6-8-12-17/h6-14,16,21H,5,15H2,1-4H3. The molecule has 0 aromatic heterocycles. The van der Waals surface area contributed by atoms with Crippen molar-refractivity contribution >= 4 is 11.8 Å². The molecule has 2 aromatic carbocycles. The molecule has 2 heteroatoms. The summed E-state index contributed by atoms with van der Waals surface area (Å²) in [5.41, 5.74) is 2.72. The molecule has 2 rings (SSSR count). The van der Waals surface area contributed by atoms with Gasteiger partial charge in [0.2, 0.25) is 0 Å². The average Bonchev–Trinajstić information content (AvgIpc) is 2.54. The molecule has 1 nitrogen and oxygen atoms in total. The van der Waals surface area contributed by atoms with E-state index in [9.17, 15) is 0 Å². The van der Waals surface area contributed by atoms with Gasteiger partial charge in [-0.2, -0.15) is 0 Å². The van der Waals surface area contributed by atoms with Crippen LogP contribution in [0.15, 0.2) is 59.5 Å². The highest BCUT2D eigenvalue weighted by Crippen LogP contribution is 2.36. The lowest BCUT2D eigenvalue weighted by Gasteiger charge is -2.24. The Morgan fingerprint density at radius 3 is 2.32 bits per heavy atom. The molecule has 1 N–H and O–H groups in total. The third-order valence-electron chi connectivity index (χ3n) is 4.11. The molecule has 0 aliphatic heterocycles. The predicted octanol–water partition coefficient (Wildman–Crippen LogP) is 5.82. The van der Waals surface area contributed by atoms with Gasteiger partial charge in [0.05, 0.1) is 0 Å². The van der Waals surface area contributed by atoms with Gasteiger partial charge in [0.15, 0.2) is 0 Å². The third-order valence-corrected chi connectivity index (χ3v) is 5.57. The van der Waals surface area contributed by atoms with Crippen LogP contribution < -0.4 is 5.32 Å². The van der Waals surface area contributed by atoms with E-state index in [1.54, 1.807) is 0 Å². The van der Waals surface area contributed by atoms with Gasteiger partial charge in [0.25, 0.3) is 0 Å². The first-order valence-electron chi connectivity index (χ1n) is 8.07. The van der Waals surface area contributed by atoms with E-state index in [0.717, 1.165) is 6.54 Å². The van der Waals surface area contributed by atoms with Crippen LogP contribution in [0.4, 0.5) is 0 Å². The molecule has 0 saturated heterocycles. The van der Waals surface area contributed by atoms with Crippen molar-refractivity contribution < 1.29 is 0 Å². The van der Waals surface area contributed by atoms with Gasteiger partial charge in [-0.25, -0.2) is 0 Å². The van der Waals surface area contributed by atoms with Crippen molar-refractivity contribution in [3.8, 4) is 0 Å². The molecule has 1 unspecified atom stereocenters. The van der Waals surface area contributed by atoms with Crippen LogP contribution in [-0.4, -0.2) is 4.75 Å². The quantitative estimate of drug-likeness (QED) is 0.647. The fraction of sp³-hybridized carbons (Fsp3) is 0.400. The summed E-state index contributed by atoms with van der Waals surface area (Å²) < 4.78 is 0.279. The molecule has 0 fully saturated rings. The van der Waals surface area contributed by atoms with Crippen LogP contribution in [0.25, 0.3) is 0 Å². The normalized spacial score (nSPS) is 13.1. The first-order chi connectivity index (χ1) is 10.5. The van der Waals surface area contributed by atoms with E-state index in [4.69, 9.17) is 0 Å². The van der Waals surface area contributed by atoms with Crippen molar-refractivity contribution in [1.29, 1.82) is 0 Å². The van der Waals surface area contributed by atoms with E-state index in [1.165, 1.54) is 22.4 Å². The minimum atomic E-state index is 0.279. The number of hydrogen-bond acceptors (Lipinski definition) is 2. The summed E-state index contributed by atoms with van der Waals surface area (Å²) >= 11 is 1.98. The molecule has 0 amide bonds. The van der Waals surface area contributed by atoms with Gasteiger partial charge in [-0.15, -0.1) is 11.8 Å². The monoisotopic (exact) mass is 313 g/mol. The largest absolute Gasteiger partial charge is 0.306 e. The summed E-state index contributed by atoms with van der Waals surface area (Å²) in [6.45, 7) is 10.0. The summed E-state index contributed by atoms with van der Waals surface area (Å²) in [7, 11) is 0. The topological polar surface area (TPSA) is 12.0 Å². The first-order valence-corrected chi connectivity index (χ1v) is 8.89. The Kier molecular flexibility index (Phi) is 6.10. The van der Waals surface area contributed by atoms with E-state index in [-0.39, 0.29) is 4.75 Å². The molecule has 0 bridgehead atoms. The third kappa shape index (κ3) is 4.89. The fourth-order valence-electron chi connectivity index (χ4n) is 2.24. The van der Waals surface area contributed by atoms with Gasteiger partial charge in [-0.1, -0.05) is 69.3 Å². The molecule has 0 heterocycles. The summed E-state index contributed by atoms with van der Waals surface area (Å²) in [5, 5.41) is 3.65. The number of thioether (sulfide) groups is 1. The van der Waals surface area contributed by atoms with Gasteiger partial charge < -0.3 is 5.32 Å². The van der Waals surface area contributed by atoms with E-state index >= 15 is 0 Å².